The third-order valence-electron chi connectivity index (χ3n) is 4.45. The van der Waals surface area contributed by atoms with Gasteiger partial charge in [-0.25, -0.2) is 4.39 Å². The second-order valence-electron chi connectivity index (χ2n) is 5.58. The maximum atomic E-state index is 13.2. The standard InChI is InChI=1S/C15H20FNO/c16-12-5-6-13-11(10-12)7-8-15(13,18)14-4-2-1-3-9-17-14/h5-6,10,14,17-18H,1-4,7-9H2. The molecule has 18 heavy (non-hydrogen) atoms. The molecule has 2 unspecified atom stereocenters. The molecule has 0 aromatic heterocycles. The summed E-state index contributed by atoms with van der Waals surface area (Å²) in [5.41, 5.74) is 1.11. The molecule has 0 amide bonds. The number of hydrogen-bond acceptors (Lipinski definition) is 2. The van der Waals surface area contributed by atoms with Gasteiger partial charge >= 0.3 is 0 Å². The molecule has 1 fully saturated rings. The molecule has 2 N–H and O–H groups in total. The molecule has 1 heterocycles. The maximum Gasteiger partial charge on any atom is 0.123 e. The Bertz CT molecular complexity index is 440. The Morgan fingerprint density at radius 3 is 3.06 bits per heavy atom. The predicted molar refractivity (Wildman–Crippen MR) is 68.9 cm³/mol. The highest BCUT2D eigenvalue weighted by molar-refractivity contribution is 5.39. The van der Waals surface area contributed by atoms with E-state index < -0.39 is 5.60 Å². The molecule has 0 saturated carbocycles. The summed E-state index contributed by atoms with van der Waals surface area (Å²) in [5, 5.41) is 14.5. The zero-order valence-electron chi connectivity index (χ0n) is 10.6. The van der Waals surface area contributed by atoms with Crippen LogP contribution in [0.3, 0.4) is 0 Å². The Labute approximate surface area is 107 Å². The van der Waals surface area contributed by atoms with E-state index in [0.717, 1.165) is 36.9 Å². The fourth-order valence-electron chi connectivity index (χ4n) is 3.45. The van der Waals surface area contributed by atoms with E-state index in [-0.39, 0.29) is 11.9 Å². The number of benzene rings is 1. The minimum atomic E-state index is -0.798. The van der Waals surface area contributed by atoms with Crippen LogP contribution < -0.4 is 5.32 Å². The van der Waals surface area contributed by atoms with E-state index in [1.165, 1.54) is 18.9 Å². The van der Waals surface area contributed by atoms with Gasteiger partial charge in [-0.05, 0) is 55.5 Å². The van der Waals surface area contributed by atoms with Crippen LogP contribution in [0.2, 0.25) is 0 Å². The zero-order valence-corrected chi connectivity index (χ0v) is 10.6. The molecular formula is C15H20FNO. The largest absolute Gasteiger partial charge is 0.384 e. The van der Waals surface area contributed by atoms with Crippen molar-refractivity contribution in [1.82, 2.24) is 5.32 Å². The summed E-state index contributed by atoms with van der Waals surface area (Å²) in [4.78, 5) is 0. The fraction of sp³-hybridized carbons (Fsp3) is 0.600. The quantitative estimate of drug-likeness (QED) is 0.801. The first-order valence-corrected chi connectivity index (χ1v) is 6.95. The van der Waals surface area contributed by atoms with Crippen molar-refractivity contribution in [2.24, 2.45) is 0 Å². The Morgan fingerprint density at radius 2 is 2.17 bits per heavy atom. The van der Waals surface area contributed by atoms with Gasteiger partial charge in [-0.15, -0.1) is 0 Å². The van der Waals surface area contributed by atoms with Gasteiger partial charge in [0.1, 0.15) is 11.4 Å². The number of nitrogens with one attached hydrogen (secondary N) is 1. The van der Waals surface area contributed by atoms with Crippen LogP contribution in [0.1, 0.15) is 43.2 Å². The molecule has 1 saturated heterocycles. The predicted octanol–water partition coefficient (Wildman–Crippen LogP) is 2.49. The first-order chi connectivity index (χ1) is 8.70. The summed E-state index contributed by atoms with van der Waals surface area (Å²) in [5.74, 6) is -0.202. The van der Waals surface area contributed by atoms with Crippen LogP contribution in [0.5, 0.6) is 0 Å². The lowest BCUT2D eigenvalue weighted by Crippen LogP contribution is -2.47. The van der Waals surface area contributed by atoms with Crippen molar-refractivity contribution in [1.29, 1.82) is 0 Å². The lowest BCUT2D eigenvalue weighted by molar-refractivity contribution is -0.00315. The fourth-order valence-corrected chi connectivity index (χ4v) is 3.45. The van der Waals surface area contributed by atoms with E-state index >= 15 is 0 Å². The molecule has 0 spiro atoms. The van der Waals surface area contributed by atoms with Gasteiger partial charge in [0, 0.05) is 6.04 Å². The van der Waals surface area contributed by atoms with Gasteiger partial charge in [-0.3, -0.25) is 0 Å². The van der Waals surface area contributed by atoms with Crippen molar-refractivity contribution in [3.05, 3.63) is 35.1 Å². The van der Waals surface area contributed by atoms with Crippen LogP contribution in [-0.4, -0.2) is 17.7 Å². The molecule has 3 heteroatoms. The highest BCUT2D eigenvalue weighted by Gasteiger charge is 2.43. The third-order valence-corrected chi connectivity index (χ3v) is 4.45. The minimum Gasteiger partial charge on any atom is -0.384 e. The van der Waals surface area contributed by atoms with E-state index in [4.69, 9.17) is 0 Å². The highest BCUT2D eigenvalue weighted by atomic mass is 19.1. The van der Waals surface area contributed by atoms with Gasteiger partial charge in [-0.2, -0.15) is 0 Å². The van der Waals surface area contributed by atoms with E-state index in [1.54, 1.807) is 12.1 Å². The van der Waals surface area contributed by atoms with E-state index in [2.05, 4.69) is 5.32 Å². The Hall–Kier alpha value is -0.930. The molecule has 1 aromatic carbocycles. The lowest BCUT2D eigenvalue weighted by Gasteiger charge is -2.33. The highest BCUT2D eigenvalue weighted by Crippen LogP contribution is 2.41. The van der Waals surface area contributed by atoms with Gasteiger partial charge < -0.3 is 10.4 Å². The summed E-state index contributed by atoms with van der Waals surface area (Å²) in [6.07, 6.45) is 6.08. The Morgan fingerprint density at radius 1 is 1.28 bits per heavy atom. The van der Waals surface area contributed by atoms with Crippen molar-refractivity contribution >= 4 is 0 Å². The number of fused-ring (bicyclic) bond motifs is 1. The van der Waals surface area contributed by atoms with Crippen LogP contribution in [0.4, 0.5) is 4.39 Å². The summed E-state index contributed by atoms with van der Waals surface area (Å²) in [7, 11) is 0. The normalized spacial score (nSPS) is 32.0. The molecular weight excluding hydrogens is 229 g/mol. The maximum absolute atomic E-state index is 13.2. The number of aryl methyl sites for hydroxylation is 1. The monoisotopic (exact) mass is 249 g/mol. The SMILES string of the molecule is OC1(C2CCCCCN2)CCc2cc(F)ccc21. The molecule has 0 radical (unpaired) electrons. The van der Waals surface area contributed by atoms with Gasteiger partial charge in [0.25, 0.3) is 0 Å². The minimum absolute atomic E-state index is 0.117. The summed E-state index contributed by atoms with van der Waals surface area (Å²) >= 11 is 0. The summed E-state index contributed by atoms with van der Waals surface area (Å²) < 4.78 is 13.2. The summed E-state index contributed by atoms with van der Waals surface area (Å²) in [6, 6.07) is 4.92. The van der Waals surface area contributed by atoms with Crippen molar-refractivity contribution in [2.45, 2.75) is 50.2 Å². The third kappa shape index (κ3) is 1.95. The van der Waals surface area contributed by atoms with Crippen molar-refractivity contribution in [2.75, 3.05) is 6.54 Å². The van der Waals surface area contributed by atoms with Gasteiger partial charge in [0.05, 0.1) is 0 Å². The Kier molecular flexibility index (Phi) is 3.12. The molecule has 1 aliphatic carbocycles. The van der Waals surface area contributed by atoms with Crippen molar-refractivity contribution < 1.29 is 9.50 Å². The van der Waals surface area contributed by atoms with Gasteiger partial charge in [0.15, 0.2) is 0 Å². The van der Waals surface area contributed by atoms with Crippen LogP contribution >= 0.6 is 0 Å². The number of rotatable bonds is 1. The first kappa shape index (κ1) is 12.1. The summed E-state index contributed by atoms with van der Waals surface area (Å²) in [6.45, 7) is 0.976. The average Bonchev–Trinajstić information content (AvgIpc) is 2.59. The van der Waals surface area contributed by atoms with E-state index in [0.29, 0.717) is 6.42 Å². The van der Waals surface area contributed by atoms with Crippen LogP contribution in [-0.2, 0) is 12.0 Å². The van der Waals surface area contributed by atoms with Gasteiger partial charge in [-0.1, -0.05) is 18.9 Å². The molecule has 0 bridgehead atoms. The molecule has 2 atom stereocenters. The zero-order chi connectivity index (χ0) is 12.6. The van der Waals surface area contributed by atoms with Gasteiger partial charge in [0.2, 0.25) is 0 Å². The second kappa shape index (κ2) is 4.63. The van der Waals surface area contributed by atoms with Crippen LogP contribution in [0.25, 0.3) is 0 Å². The Balaban J connectivity index is 1.92. The lowest BCUT2D eigenvalue weighted by atomic mass is 9.85. The topological polar surface area (TPSA) is 32.3 Å². The first-order valence-electron chi connectivity index (χ1n) is 6.95. The second-order valence-corrected chi connectivity index (χ2v) is 5.58. The number of halogens is 1. The molecule has 1 aromatic rings. The van der Waals surface area contributed by atoms with Crippen molar-refractivity contribution in [3.63, 3.8) is 0 Å². The van der Waals surface area contributed by atoms with Crippen LogP contribution in [0.15, 0.2) is 18.2 Å². The molecule has 2 aliphatic rings. The number of hydrogen-bond donors (Lipinski definition) is 2. The van der Waals surface area contributed by atoms with Crippen LogP contribution in [0, 0.1) is 5.82 Å². The van der Waals surface area contributed by atoms with E-state index in [9.17, 15) is 9.50 Å². The number of aliphatic hydroxyl groups is 1. The van der Waals surface area contributed by atoms with Crippen molar-refractivity contribution in [3.8, 4) is 0 Å². The molecule has 2 nitrogen and oxygen atoms in total. The molecule has 3 rings (SSSR count). The smallest absolute Gasteiger partial charge is 0.123 e. The van der Waals surface area contributed by atoms with E-state index in [1.807, 2.05) is 0 Å². The molecule has 98 valence electrons. The average molecular weight is 249 g/mol. The molecule has 1 aliphatic heterocycles.